The molecule has 0 aromatic carbocycles. The minimum absolute atomic E-state index is 0.600. The van der Waals surface area contributed by atoms with Crippen molar-refractivity contribution in [3.8, 4) is 12.3 Å². The van der Waals surface area contributed by atoms with E-state index < -0.39 is 0 Å². The molecule has 4 heteroatoms. The van der Waals surface area contributed by atoms with Gasteiger partial charge in [0.2, 0.25) is 0 Å². The fourth-order valence-electron chi connectivity index (χ4n) is 1.54. The van der Waals surface area contributed by atoms with Crippen LogP contribution in [0.4, 0.5) is 11.6 Å². The van der Waals surface area contributed by atoms with Gasteiger partial charge in [-0.1, -0.05) is 17.5 Å². The molecule has 0 bridgehead atoms. The van der Waals surface area contributed by atoms with Crippen molar-refractivity contribution < 1.29 is 0 Å². The second-order valence-corrected chi connectivity index (χ2v) is 4.41. The van der Waals surface area contributed by atoms with Crippen LogP contribution in [0.15, 0.2) is 24.4 Å². The summed E-state index contributed by atoms with van der Waals surface area (Å²) in [5.41, 5.74) is 2.60. The lowest BCUT2D eigenvalue weighted by atomic mass is 10.2. The second kappa shape index (κ2) is 5.07. The highest BCUT2D eigenvalue weighted by Gasteiger charge is 2.02. The summed E-state index contributed by atoms with van der Waals surface area (Å²) in [5.74, 6) is 3.89. The maximum Gasteiger partial charge on any atom is 0.133 e. The molecule has 0 aliphatic heterocycles. The summed E-state index contributed by atoms with van der Waals surface area (Å²) >= 11 is 5.92. The summed E-state index contributed by atoms with van der Waals surface area (Å²) in [5, 5.41) is 3.75. The van der Waals surface area contributed by atoms with Gasteiger partial charge in [0.15, 0.2) is 0 Å². The molecule has 0 aliphatic rings. The number of hydrogen-bond donors (Lipinski definition) is 1. The Morgan fingerprint density at radius 1 is 1.22 bits per heavy atom. The number of terminal acetylenes is 1. The van der Waals surface area contributed by atoms with Crippen molar-refractivity contribution >= 4 is 23.2 Å². The van der Waals surface area contributed by atoms with Gasteiger partial charge >= 0.3 is 0 Å². The molecule has 18 heavy (non-hydrogen) atoms. The van der Waals surface area contributed by atoms with Crippen LogP contribution in [0, 0.1) is 26.2 Å². The average molecular weight is 258 g/mol. The van der Waals surface area contributed by atoms with Gasteiger partial charge in [0.05, 0.1) is 5.02 Å². The van der Waals surface area contributed by atoms with Gasteiger partial charge in [0, 0.05) is 6.20 Å². The third-order valence-corrected chi connectivity index (χ3v) is 2.82. The molecule has 0 fully saturated rings. The van der Waals surface area contributed by atoms with E-state index in [1.807, 2.05) is 32.0 Å². The summed E-state index contributed by atoms with van der Waals surface area (Å²) in [6.07, 6.45) is 6.96. The van der Waals surface area contributed by atoms with Crippen molar-refractivity contribution in [3.63, 3.8) is 0 Å². The van der Waals surface area contributed by atoms with Crippen molar-refractivity contribution in [1.29, 1.82) is 0 Å². The zero-order valence-electron chi connectivity index (χ0n) is 10.2. The summed E-state index contributed by atoms with van der Waals surface area (Å²) in [6, 6.07) is 5.63. The Morgan fingerprint density at radius 3 is 2.67 bits per heavy atom. The van der Waals surface area contributed by atoms with Crippen molar-refractivity contribution in [3.05, 3.63) is 46.2 Å². The van der Waals surface area contributed by atoms with Crippen molar-refractivity contribution in [2.24, 2.45) is 0 Å². The molecule has 0 saturated heterocycles. The Hall–Kier alpha value is -2.05. The van der Waals surface area contributed by atoms with Gasteiger partial charge in [-0.25, -0.2) is 9.97 Å². The van der Waals surface area contributed by atoms with E-state index in [4.69, 9.17) is 18.0 Å². The van der Waals surface area contributed by atoms with E-state index in [1.54, 1.807) is 6.20 Å². The molecule has 0 spiro atoms. The Kier molecular flexibility index (Phi) is 3.50. The zero-order valence-corrected chi connectivity index (χ0v) is 10.9. The minimum atomic E-state index is 0.600. The van der Waals surface area contributed by atoms with E-state index in [1.165, 1.54) is 0 Å². The van der Waals surface area contributed by atoms with Gasteiger partial charge in [-0.15, -0.1) is 6.42 Å². The number of halogens is 1. The molecule has 2 rings (SSSR count). The molecular weight excluding hydrogens is 246 g/mol. The molecule has 0 saturated carbocycles. The van der Waals surface area contributed by atoms with Gasteiger partial charge < -0.3 is 5.32 Å². The number of rotatable bonds is 2. The Morgan fingerprint density at radius 2 is 2.00 bits per heavy atom. The van der Waals surface area contributed by atoms with Crippen LogP contribution < -0.4 is 5.32 Å². The summed E-state index contributed by atoms with van der Waals surface area (Å²) in [4.78, 5) is 8.46. The molecule has 0 radical (unpaired) electrons. The number of anilines is 2. The van der Waals surface area contributed by atoms with Gasteiger partial charge in [0.1, 0.15) is 17.3 Å². The molecule has 2 aromatic rings. The van der Waals surface area contributed by atoms with Crippen LogP contribution in [0.1, 0.15) is 16.8 Å². The molecular formula is C14H12ClN3. The summed E-state index contributed by atoms with van der Waals surface area (Å²) in [7, 11) is 0. The first-order valence-electron chi connectivity index (χ1n) is 5.43. The topological polar surface area (TPSA) is 37.8 Å². The quantitative estimate of drug-likeness (QED) is 0.837. The van der Waals surface area contributed by atoms with Gasteiger partial charge in [-0.2, -0.15) is 0 Å². The number of nitrogens with one attached hydrogen (secondary N) is 1. The lowest BCUT2D eigenvalue weighted by molar-refractivity contribution is 1.21. The van der Waals surface area contributed by atoms with Crippen molar-refractivity contribution in [2.45, 2.75) is 13.8 Å². The number of pyridine rings is 2. The van der Waals surface area contributed by atoms with Gasteiger partial charge in [-0.05, 0) is 43.2 Å². The standard InChI is InChI=1S/C14H12ClN3/c1-4-11-5-9(2)6-14(17-11)18-13-7-10(3)12(15)8-16-13/h1,5-8H,2-3H3,(H,16,17,18). The maximum atomic E-state index is 5.92. The highest BCUT2D eigenvalue weighted by Crippen LogP contribution is 2.19. The first-order chi connectivity index (χ1) is 8.58. The maximum absolute atomic E-state index is 5.92. The van der Waals surface area contributed by atoms with Crippen LogP contribution in [0.3, 0.4) is 0 Å². The van der Waals surface area contributed by atoms with Crippen LogP contribution in [-0.2, 0) is 0 Å². The van der Waals surface area contributed by atoms with E-state index in [2.05, 4.69) is 21.2 Å². The highest BCUT2D eigenvalue weighted by molar-refractivity contribution is 6.31. The third kappa shape index (κ3) is 2.79. The predicted molar refractivity (Wildman–Crippen MR) is 74.2 cm³/mol. The first-order valence-corrected chi connectivity index (χ1v) is 5.81. The number of aryl methyl sites for hydroxylation is 2. The molecule has 90 valence electrons. The van der Waals surface area contributed by atoms with E-state index in [0.29, 0.717) is 22.4 Å². The van der Waals surface area contributed by atoms with Crippen molar-refractivity contribution in [1.82, 2.24) is 9.97 Å². The van der Waals surface area contributed by atoms with Crippen LogP contribution in [0.2, 0.25) is 5.02 Å². The molecule has 0 atom stereocenters. The normalized spacial score (nSPS) is 9.89. The molecule has 0 amide bonds. The summed E-state index contributed by atoms with van der Waals surface area (Å²) < 4.78 is 0. The molecule has 3 nitrogen and oxygen atoms in total. The largest absolute Gasteiger partial charge is 0.325 e. The summed E-state index contributed by atoms with van der Waals surface area (Å²) in [6.45, 7) is 3.89. The second-order valence-electron chi connectivity index (χ2n) is 4.00. The fraction of sp³-hybridized carbons (Fsp3) is 0.143. The van der Waals surface area contributed by atoms with E-state index in [0.717, 1.165) is 11.1 Å². The van der Waals surface area contributed by atoms with Gasteiger partial charge in [0.25, 0.3) is 0 Å². The molecule has 1 N–H and O–H groups in total. The van der Waals surface area contributed by atoms with Crippen LogP contribution in [0.25, 0.3) is 0 Å². The third-order valence-electron chi connectivity index (χ3n) is 2.42. The molecule has 2 aromatic heterocycles. The number of hydrogen-bond acceptors (Lipinski definition) is 3. The minimum Gasteiger partial charge on any atom is -0.325 e. The van der Waals surface area contributed by atoms with E-state index >= 15 is 0 Å². The average Bonchev–Trinajstić information content (AvgIpc) is 2.33. The monoisotopic (exact) mass is 257 g/mol. The molecule has 0 aliphatic carbocycles. The highest BCUT2D eigenvalue weighted by atomic mass is 35.5. The molecule has 2 heterocycles. The van der Waals surface area contributed by atoms with Crippen LogP contribution in [-0.4, -0.2) is 9.97 Å². The Balaban J connectivity index is 2.31. The lowest BCUT2D eigenvalue weighted by Gasteiger charge is -2.07. The lowest BCUT2D eigenvalue weighted by Crippen LogP contribution is -1.98. The number of aromatic nitrogens is 2. The SMILES string of the molecule is C#Cc1cc(C)cc(Nc2cc(C)c(Cl)cn2)n1. The Bertz CT molecular complexity index is 629. The van der Waals surface area contributed by atoms with Crippen LogP contribution in [0.5, 0.6) is 0 Å². The van der Waals surface area contributed by atoms with Crippen molar-refractivity contribution in [2.75, 3.05) is 5.32 Å². The Labute approximate surface area is 111 Å². The fourth-order valence-corrected chi connectivity index (χ4v) is 1.65. The smallest absolute Gasteiger partial charge is 0.133 e. The van der Waals surface area contributed by atoms with Crippen LogP contribution >= 0.6 is 11.6 Å². The predicted octanol–water partition coefficient (Wildman–Crippen LogP) is 3.47. The van der Waals surface area contributed by atoms with E-state index in [-0.39, 0.29) is 0 Å². The van der Waals surface area contributed by atoms with Gasteiger partial charge in [-0.3, -0.25) is 0 Å². The zero-order chi connectivity index (χ0) is 13.1. The van der Waals surface area contributed by atoms with E-state index in [9.17, 15) is 0 Å². The molecule has 0 unspecified atom stereocenters. The first kappa shape index (κ1) is 12.4. The number of nitrogens with zero attached hydrogens (tertiary/aromatic N) is 2.